The summed E-state index contributed by atoms with van der Waals surface area (Å²) in [5.74, 6) is 0.718. The molecule has 1 heterocycles. The highest BCUT2D eigenvalue weighted by atomic mass is 35.5. The Hall–Kier alpha value is -1.82. The normalized spacial score (nSPS) is 15.8. The predicted molar refractivity (Wildman–Crippen MR) is 114 cm³/mol. The molecule has 1 fully saturated rings. The van der Waals surface area contributed by atoms with E-state index in [0.717, 1.165) is 36.4 Å². The number of ether oxygens (including phenoxy) is 1. The second-order valence-corrected chi connectivity index (χ2v) is 7.88. The van der Waals surface area contributed by atoms with Gasteiger partial charge in [-0.3, -0.25) is 9.69 Å². The summed E-state index contributed by atoms with van der Waals surface area (Å²) in [4.78, 5) is 14.9. The van der Waals surface area contributed by atoms with Crippen LogP contribution in [0.15, 0.2) is 53.4 Å². The molecule has 1 aliphatic heterocycles. The van der Waals surface area contributed by atoms with Crippen LogP contribution in [0, 0.1) is 0 Å². The van der Waals surface area contributed by atoms with Crippen molar-refractivity contribution >= 4 is 57.6 Å². The SMILES string of the molecule is CCCCOc1ccc(/C=C2/SC(=S)N(c3ccc(Cl)cc3)C2=O)cc1. The molecular weight excluding hydrogens is 386 g/mol. The minimum Gasteiger partial charge on any atom is -0.494 e. The zero-order chi connectivity index (χ0) is 18.5. The molecule has 134 valence electrons. The van der Waals surface area contributed by atoms with Gasteiger partial charge in [-0.1, -0.05) is 61.1 Å². The lowest BCUT2D eigenvalue weighted by Crippen LogP contribution is -2.27. The summed E-state index contributed by atoms with van der Waals surface area (Å²) in [5, 5.41) is 0.621. The number of thiocarbonyl (C=S) groups is 1. The molecule has 2 aromatic carbocycles. The van der Waals surface area contributed by atoms with Crippen LogP contribution in [0.3, 0.4) is 0 Å². The van der Waals surface area contributed by atoms with E-state index in [-0.39, 0.29) is 5.91 Å². The van der Waals surface area contributed by atoms with Crippen LogP contribution in [0.5, 0.6) is 5.75 Å². The van der Waals surface area contributed by atoms with Crippen molar-refractivity contribution in [1.82, 2.24) is 0 Å². The van der Waals surface area contributed by atoms with E-state index in [4.69, 9.17) is 28.6 Å². The van der Waals surface area contributed by atoms with Gasteiger partial charge in [-0.25, -0.2) is 0 Å². The Bertz CT molecular complexity index is 832. The molecule has 26 heavy (non-hydrogen) atoms. The van der Waals surface area contributed by atoms with E-state index in [1.165, 1.54) is 16.7 Å². The molecule has 0 bridgehead atoms. The monoisotopic (exact) mass is 403 g/mol. The summed E-state index contributed by atoms with van der Waals surface area (Å²) in [6, 6.07) is 14.8. The molecule has 0 aliphatic carbocycles. The van der Waals surface area contributed by atoms with Gasteiger partial charge < -0.3 is 4.74 Å². The molecule has 0 saturated carbocycles. The number of halogens is 1. The first-order valence-corrected chi connectivity index (χ1v) is 9.95. The van der Waals surface area contributed by atoms with Gasteiger partial charge in [-0.15, -0.1) is 0 Å². The molecule has 0 unspecified atom stereocenters. The molecule has 0 atom stereocenters. The summed E-state index contributed by atoms with van der Waals surface area (Å²) in [5.41, 5.74) is 1.66. The zero-order valence-corrected chi connectivity index (χ0v) is 16.7. The van der Waals surface area contributed by atoms with Crippen LogP contribution in [0.4, 0.5) is 5.69 Å². The average molecular weight is 404 g/mol. The number of carbonyl (C=O) groups is 1. The second-order valence-electron chi connectivity index (χ2n) is 5.76. The van der Waals surface area contributed by atoms with Crippen LogP contribution < -0.4 is 9.64 Å². The van der Waals surface area contributed by atoms with Crippen molar-refractivity contribution in [3.63, 3.8) is 0 Å². The standard InChI is InChI=1S/C20H18ClNO2S2/c1-2-3-12-24-17-10-4-14(5-11-17)13-18-19(23)22(20(25)26-18)16-8-6-15(21)7-9-16/h4-11,13H,2-3,12H2,1H3/b18-13+. The average Bonchev–Trinajstić information content (AvgIpc) is 2.91. The minimum absolute atomic E-state index is 0.120. The van der Waals surface area contributed by atoms with E-state index >= 15 is 0 Å². The summed E-state index contributed by atoms with van der Waals surface area (Å²) in [7, 11) is 0. The molecule has 2 aromatic rings. The van der Waals surface area contributed by atoms with Gasteiger partial charge in [0.15, 0.2) is 4.32 Å². The van der Waals surface area contributed by atoms with Gasteiger partial charge in [0.2, 0.25) is 0 Å². The first-order valence-electron chi connectivity index (χ1n) is 8.35. The first kappa shape index (κ1) is 19.0. The molecule has 0 N–H and O–H groups in total. The number of unbranched alkanes of at least 4 members (excludes halogenated alkanes) is 1. The van der Waals surface area contributed by atoms with Gasteiger partial charge in [-0.2, -0.15) is 0 Å². The quantitative estimate of drug-likeness (QED) is 0.340. The third-order valence-corrected chi connectivity index (χ3v) is 5.38. The van der Waals surface area contributed by atoms with Gasteiger partial charge in [0.05, 0.1) is 17.2 Å². The van der Waals surface area contributed by atoms with Gasteiger partial charge in [0, 0.05) is 5.02 Å². The topological polar surface area (TPSA) is 29.5 Å². The molecule has 0 aromatic heterocycles. The highest BCUT2D eigenvalue weighted by molar-refractivity contribution is 8.27. The number of carbonyl (C=O) groups excluding carboxylic acids is 1. The van der Waals surface area contributed by atoms with Gasteiger partial charge in [-0.05, 0) is 54.5 Å². The minimum atomic E-state index is -0.120. The number of rotatable bonds is 6. The molecule has 6 heteroatoms. The second kappa shape index (κ2) is 8.71. The highest BCUT2D eigenvalue weighted by Crippen LogP contribution is 2.36. The number of anilines is 1. The van der Waals surface area contributed by atoms with Crippen molar-refractivity contribution in [2.45, 2.75) is 19.8 Å². The van der Waals surface area contributed by atoms with Crippen LogP contribution in [-0.4, -0.2) is 16.8 Å². The maximum absolute atomic E-state index is 12.7. The van der Waals surface area contributed by atoms with Crippen LogP contribution in [0.25, 0.3) is 6.08 Å². The van der Waals surface area contributed by atoms with E-state index < -0.39 is 0 Å². The largest absolute Gasteiger partial charge is 0.494 e. The molecule has 0 spiro atoms. The van der Waals surface area contributed by atoms with E-state index in [0.29, 0.717) is 14.2 Å². The van der Waals surface area contributed by atoms with Crippen molar-refractivity contribution in [3.05, 3.63) is 64.0 Å². The van der Waals surface area contributed by atoms with E-state index in [2.05, 4.69) is 6.92 Å². The lowest BCUT2D eigenvalue weighted by Gasteiger charge is -2.14. The fourth-order valence-electron chi connectivity index (χ4n) is 2.43. The summed E-state index contributed by atoms with van der Waals surface area (Å²) in [6.45, 7) is 2.85. The lowest BCUT2D eigenvalue weighted by molar-refractivity contribution is -0.113. The van der Waals surface area contributed by atoms with Gasteiger partial charge in [0.25, 0.3) is 5.91 Å². The Morgan fingerprint density at radius 2 is 1.85 bits per heavy atom. The Kier molecular flexibility index (Phi) is 6.35. The van der Waals surface area contributed by atoms with Crippen molar-refractivity contribution in [1.29, 1.82) is 0 Å². The molecular formula is C20H18ClNO2S2. The Morgan fingerprint density at radius 3 is 2.50 bits per heavy atom. The van der Waals surface area contributed by atoms with E-state index in [1.807, 2.05) is 30.3 Å². The Balaban J connectivity index is 1.74. The van der Waals surface area contributed by atoms with E-state index in [9.17, 15) is 4.79 Å². The molecule has 1 aliphatic rings. The summed E-state index contributed by atoms with van der Waals surface area (Å²) >= 11 is 12.6. The van der Waals surface area contributed by atoms with Crippen molar-refractivity contribution in [2.24, 2.45) is 0 Å². The predicted octanol–water partition coefficient (Wildman–Crippen LogP) is 5.92. The van der Waals surface area contributed by atoms with Crippen molar-refractivity contribution < 1.29 is 9.53 Å². The molecule has 3 rings (SSSR count). The van der Waals surface area contributed by atoms with Crippen LogP contribution in [-0.2, 0) is 4.79 Å². The molecule has 3 nitrogen and oxygen atoms in total. The fourth-order valence-corrected chi connectivity index (χ4v) is 3.85. The smallest absolute Gasteiger partial charge is 0.270 e. The third-order valence-electron chi connectivity index (χ3n) is 3.82. The molecule has 1 saturated heterocycles. The Morgan fingerprint density at radius 1 is 1.15 bits per heavy atom. The van der Waals surface area contributed by atoms with Crippen molar-refractivity contribution in [3.8, 4) is 5.75 Å². The maximum atomic E-state index is 12.7. The van der Waals surface area contributed by atoms with Gasteiger partial charge >= 0.3 is 0 Å². The van der Waals surface area contributed by atoms with Crippen molar-refractivity contribution in [2.75, 3.05) is 11.5 Å². The zero-order valence-electron chi connectivity index (χ0n) is 14.3. The number of amides is 1. The summed E-state index contributed by atoms with van der Waals surface area (Å²) in [6.07, 6.45) is 3.99. The fraction of sp³-hybridized carbons (Fsp3) is 0.200. The third kappa shape index (κ3) is 4.47. The number of hydrogen-bond donors (Lipinski definition) is 0. The van der Waals surface area contributed by atoms with E-state index in [1.54, 1.807) is 24.3 Å². The van der Waals surface area contributed by atoms with Crippen LogP contribution >= 0.6 is 35.6 Å². The molecule has 1 amide bonds. The maximum Gasteiger partial charge on any atom is 0.270 e. The Labute approximate surface area is 168 Å². The van der Waals surface area contributed by atoms with Crippen LogP contribution in [0.2, 0.25) is 5.02 Å². The highest BCUT2D eigenvalue weighted by Gasteiger charge is 2.33. The number of nitrogens with zero attached hydrogens (tertiary/aromatic N) is 1. The number of hydrogen-bond acceptors (Lipinski definition) is 4. The first-order chi connectivity index (χ1) is 12.6. The number of thioether (sulfide) groups is 1. The number of benzene rings is 2. The molecule has 0 radical (unpaired) electrons. The van der Waals surface area contributed by atoms with Gasteiger partial charge in [0.1, 0.15) is 5.75 Å². The summed E-state index contributed by atoms with van der Waals surface area (Å²) < 4.78 is 6.18. The lowest BCUT2D eigenvalue weighted by atomic mass is 10.2. The van der Waals surface area contributed by atoms with Crippen LogP contribution in [0.1, 0.15) is 25.3 Å².